The molecule has 1 fully saturated rings. The standard InChI is InChI=1S/C45H83NO9/c1-3-5-7-9-11-13-15-17-18-19-20-22-24-26-28-30-32-34-39(49)44(53)46-37(36-54-45-43(52)42(51)41(50)40(35-47)55-45)38(48)33-31-29-27-25-23-21-16-14-12-10-8-6-4-2/h20,22-23,25,31,33,37-43,45,47-52H,3-19,21,24,26-30,32,34-36H2,1-2H3,(H,46,53)/b22-20-,25-23+,33-31+. The molecule has 55 heavy (non-hydrogen) atoms. The predicted octanol–water partition coefficient (Wildman–Crippen LogP) is 7.86. The lowest BCUT2D eigenvalue weighted by molar-refractivity contribution is -0.302. The summed E-state index contributed by atoms with van der Waals surface area (Å²) in [5, 5.41) is 64.5. The molecule has 0 bridgehead atoms. The summed E-state index contributed by atoms with van der Waals surface area (Å²) < 4.78 is 11.1. The van der Waals surface area contributed by atoms with Crippen LogP contribution in [0.15, 0.2) is 36.5 Å². The number of carbonyl (C=O) groups excluding carboxylic acids is 1. The van der Waals surface area contributed by atoms with Gasteiger partial charge in [-0.3, -0.25) is 4.79 Å². The van der Waals surface area contributed by atoms with Crippen LogP contribution in [0.1, 0.15) is 181 Å². The SMILES string of the molecule is CCCCCCCCC/C=C/CC/C=C/C(O)C(COC1OC(CO)C(O)C(O)C1O)NC(=O)C(O)CCCCCC/C=C\CCCCCCCCCCC. The van der Waals surface area contributed by atoms with Crippen molar-refractivity contribution in [2.24, 2.45) is 0 Å². The van der Waals surface area contributed by atoms with Crippen molar-refractivity contribution in [1.82, 2.24) is 5.32 Å². The highest BCUT2D eigenvalue weighted by Gasteiger charge is 2.44. The predicted molar refractivity (Wildman–Crippen MR) is 222 cm³/mol. The van der Waals surface area contributed by atoms with Gasteiger partial charge >= 0.3 is 0 Å². The smallest absolute Gasteiger partial charge is 0.249 e. The van der Waals surface area contributed by atoms with E-state index in [-0.39, 0.29) is 13.0 Å². The molecule has 1 saturated heterocycles. The number of hydrogen-bond acceptors (Lipinski definition) is 9. The fraction of sp³-hybridized carbons (Fsp3) is 0.844. The lowest BCUT2D eigenvalue weighted by atomic mass is 9.99. The number of rotatable bonds is 36. The molecule has 1 amide bonds. The summed E-state index contributed by atoms with van der Waals surface area (Å²) in [6.45, 7) is 3.56. The number of unbranched alkanes of at least 4 members (excludes halogenated alkanes) is 21. The van der Waals surface area contributed by atoms with Crippen LogP contribution in [0.5, 0.6) is 0 Å². The Morgan fingerprint density at radius 1 is 0.618 bits per heavy atom. The number of hydrogen-bond donors (Lipinski definition) is 7. The van der Waals surface area contributed by atoms with E-state index in [1.54, 1.807) is 6.08 Å². The normalized spacial score (nSPS) is 22.2. The third kappa shape index (κ3) is 26.1. The van der Waals surface area contributed by atoms with Gasteiger partial charge in [-0.15, -0.1) is 0 Å². The van der Waals surface area contributed by atoms with Gasteiger partial charge in [0.2, 0.25) is 5.91 Å². The van der Waals surface area contributed by atoms with Gasteiger partial charge in [-0.25, -0.2) is 0 Å². The highest BCUT2D eigenvalue weighted by molar-refractivity contribution is 5.80. The summed E-state index contributed by atoms with van der Waals surface area (Å²) in [7, 11) is 0. The second-order valence-electron chi connectivity index (χ2n) is 15.6. The van der Waals surface area contributed by atoms with E-state index in [9.17, 15) is 35.4 Å². The quantitative estimate of drug-likeness (QED) is 0.0247. The number of allylic oxidation sites excluding steroid dienone is 5. The zero-order valence-electron chi connectivity index (χ0n) is 34.8. The van der Waals surface area contributed by atoms with E-state index in [4.69, 9.17) is 9.47 Å². The largest absolute Gasteiger partial charge is 0.394 e. The van der Waals surface area contributed by atoms with Crippen molar-refractivity contribution in [1.29, 1.82) is 0 Å². The topological polar surface area (TPSA) is 169 Å². The van der Waals surface area contributed by atoms with E-state index in [0.29, 0.717) is 12.8 Å². The third-order valence-electron chi connectivity index (χ3n) is 10.5. The molecule has 1 heterocycles. The molecule has 0 radical (unpaired) electrons. The third-order valence-corrected chi connectivity index (χ3v) is 10.5. The average Bonchev–Trinajstić information content (AvgIpc) is 3.18. The molecule has 322 valence electrons. The fourth-order valence-corrected chi connectivity index (χ4v) is 6.82. The van der Waals surface area contributed by atoms with Crippen molar-refractivity contribution >= 4 is 5.91 Å². The Kier molecular flexibility index (Phi) is 33.2. The van der Waals surface area contributed by atoms with Gasteiger partial charge in [0, 0.05) is 0 Å². The number of aliphatic hydroxyl groups excluding tert-OH is 6. The Morgan fingerprint density at radius 3 is 1.58 bits per heavy atom. The molecular formula is C45H83NO9. The van der Waals surface area contributed by atoms with Crippen LogP contribution in [-0.4, -0.2) is 98.7 Å². The van der Waals surface area contributed by atoms with Gasteiger partial charge in [0.05, 0.1) is 25.4 Å². The Hall–Kier alpha value is -1.63. The Balaban J connectivity index is 2.46. The van der Waals surface area contributed by atoms with Gasteiger partial charge in [0.15, 0.2) is 6.29 Å². The van der Waals surface area contributed by atoms with Crippen molar-refractivity contribution in [2.75, 3.05) is 13.2 Å². The molecule has 1 aliphatic heterocycles. The molecule has 10 heteroatoms. The van der Waals surface area contributed by atoms with Crippen molar-refractivity contribution in [3.63, 3.8) is 0 Å². The average molecular weight is 782 g/mol. The first-order chi connectivity index (χ1) is 26.8. The molecule has 8 unspecified atom stereocenters. The second kappa shape index (κ2) is 35.5. The van der Waals surface area contributed by atoms with E-state index >= 15 is 0 Å². The van der Waals surface area contributed by atoms with Crippen molar-refractivity contribution in [3.8, 4) is 0 Å². The number of aliphatic hydroxyl groups is 6. The molecule has 0 spiro atoms. The van der Waals surface area contributed by atoms with Crippen LogP contribution in [0.2, 0.25) is 0 Å². The van der Waals surface area contributed by atoms with Gasteiger partial charge in [0.25, 0.3) is 0 Å². The van der Waals surface area contributed by atoms with Crippen LogP contribution >= 0.6 is 0 Å². The molecule has 0 aromatic heterocycles. The minimum Gasteiger partial charge on any atom is -0.394 e. The maximum atomic E-state index is 13.0. The summed E-state index contributed by atoms with van der Waals surface area (Å²) in [5.74, 6) is -0.637. The summed E-state index contributed by atoms with van der Waals surface area (Å²) in [5.41, 5.74) is 0. The molecule has 0 aromatic carbocycles. The van der Waals surface area contributed by atoms with Crippen molar-refractivity contribution in [3.05, 3.63) is 36.5 Å². The zero-order chi connectivity index (χ0) is 40.4. The molecule has 8 atom stereocenters. The molecule has 7 N–H and O–H groups in total. The molecular weight excluding hydrogens is 698 g/mol. The summed E-state index contributed by atoms with van der Waals surface area (Å²) in [4.78, 5) is 13.0. The summed E-state index contributed by atoms with van der Waals surface area (Å²) in [6.07, 6.45) is 32.3. The lowest BCUT2D eigenvalue weighted by Gasteiger charge is -2.40. The molecule has 1 aliphatic rings. The number of amides is 1. The minimum atomic E-state index is -1.62. The highest BCUT2D eigenvalue weighted by Crippen LogP contribution is 2.22. The number of ether oxygens (including phenoxy) is 2. The first-order valence-corrected chi connectivity index (χ1v) is 22.3. The Bertz CT molecular complexity index is 974. The van der Waals surface area contributed by atoms with E-state index in [1.165, 1.54) is 103 Å². The van der Waals surface area contributed by atoms with Gasteiger partial charge < -0.3 is 45.4 Å². The summed E-state index contributed by atoms with van der Waals surface area (Å²) in [6, 6.07) is -0.999. The highest BCUT2D eigenvalue weighted by atomic mass is 16.7. The van der Waals surface area contributed by atoms with E-state index < -0.39 is 61.5 Å². The van der Waals surface area contributed by atoms with Crippen LogP contribution in [0, 0.1) is 0 Å². The molecule has 10 nitrogen and oxygen atoms in total. The van der Waals surface area contributed by atoms with E-state index in [2.05, 4.69) is 43.5 Å². The van der Waals surface area contributed by atoms with Crippen LogP contribution < -0.4 is 5.32 Å². The van der Waals surface area contributed by atoms with E-state index in [0.717, 1.165) is 44.9 Å². The van der Waals surface area contributed by atoms with Gasteiger partial charge in [-0.2, -0.15) is 0 Å². The molecule has 0 aromatic rings. The maximum Gasteiger partial charge on any atom is 0.249 e. The zero-order valence-corrected chi connectivity index (χ0v) is 34.8. The summed E-state index contributed by atoms with van der Waals surface area (Å²) >= 11 is 0. The maximum absolute atomic E-state index is 13.0. The lowest BCUT2D eigenvalue weighted by Crippen LogP contribution is -2.60. The van der Waals surface area contributed by atoms with Crippen LogP contribution in [-0.2, 0) is 14.3 Å². The van der Waals surface area contributed by atoms with Crippen molar-refractivity contribution < 1.29 is 44.9 Å². The van der Waals surface area contributed by atoms with Gasteiger partial charge in [-0.05, 0) is 57.8 Å². The molecule has 0 aliphatic carbocycles. The fourth-order valence-electron chi connectivity index (χ4n) is 6.82. The minimum absolute atomic E-state index is 0.289. The monoisotopic (exact) mass is 782 g/mol. The van der Waals surface area contributed by atoms with Crippen LogP contribution in [0.4, 0.5) is 0 Å². The Labute approximate surface area is 334 Å². The van der Waals surface area contributed by atoms with E-state index in [1.807, 2.05) is 6.08 Å². The van der Waals surface area contributed by atoms with Gasteiger partial charge in [-0.1, -0.05) is 159 Å². The van der Waals surface area contributed by atoms with Crippen LogP contribution in [0.3, 0.4) is 0 Å². The number of nitrogens with one attached hydrogen (secondary N) is 1. The molecule has 0 saturated carbocycles. The first-order valence-electron chi connectivity index (χ1n) is 22.3. The van der Waals surface area contributed by atoms with Crippen LogP contribution in [0.25, 0.3) is 0 Å². The second-order valence-corrected chi connectivity index (χ2v) is 15.6. The Morgan fingerprint density at radius 2 is 1.07 bits per heavy atom. The molecule has 1 rings (SSSR count). The first kappa shape index (κ1) is 51.4. The van der Waals surface area contributed by atoms with Gasteiger partial charge in [0.1, 0.15) is 30.5 Å². The van der Waals surface area contributed by atoms with Crippen molar-refractivity contribution in [2.45, 2.75) is 230 Å². The number of carbonyl (C=O) groups is 1.